The summed E-state index contributed by atoms with van der Waals surface area (Å²) < 4.78 is 13.4. The van der Waals surface area contributed by atoms with Crippen LogP contribution in [0.15, 0.2) is 87.1 Å². The highest BCUT2D eigenvalue weighted by Crippen LogP contribution is 2.33. The topological polar surface area (TPSA) is 69.9 Å². The van der Waals surface area contributed by atoms with E-state index in [2.05, 4.69) is 4.99 Å². The van der Waals surface area contributed by atoms with E-state index < -0.39 is 12.0 Å². The second kappa shape index (κ2) is 10.9. The molecule has 0 aliphatic carbocycles. The SMILES string of the molecule is CCOC(=O)C1=C(C)N=c2s/c(=C\c3cccc(OCc4cccc(Cl)c4)c3)c(=O)n2[C@@H]1c1cccs1. The summed E-state index contributed by atoms with van der Waals surface area (Å²) in [6.07, 6.45) is 1.82. The summed E-state index contributed by atoms with van der Waals surface area (Å²) >= 11 is 8.85. The average molecular weight is 551 g/mol. The Morgan fingerprint density at radius 3 is 2.76 bits per heavy atom. The fourth-order valence-corrected chi connectivity index (χ4v) is 6.23. The van der Waals surface area contributed by atoms with Crippen LogP contribution in [-0.4, -0.2) is 17.1 Å². The van der Waals surface area contributed by atoms with Gasteiger partial charge in [-0.05, 0) is 66.8 Å². The van der Waals surface area contributed by atoms with Crippen molar-refractivity contribution in [1.82, 2.24) is 4.57 Å². The van der Waals surface area contributed by atoms with Gasteiger partial charge in [-0.2, -0.15) is 0 Å². The zero-order valence-electron chi connectivity index (χ0n) is 20.1. The molecule has 6 nitrogen and oxygen atoms in total. The molecule has 0 N–H and O–H groups in total. The first-order valence-corrected chi connectivity index (χ1v) is 13.7. The van der Waals surface area contributed by atoms with E-state index in [0.717, 1.165) is 16.0 Å². The van der Waals surface area contributed by atoms with Crippen molar-refractivity contribution in [3.63, 3.8) is 0 Å². The molecule has 0 bridgehead atoms. The minimum Gasteiger partial charge on any atom is -0.489 e. The monoisotopic (exact) mass is 550 g/mol. The van der Waals surface area contributed by atoms with Crippen molar-refractivity contribution in [2.75, 3.05) is 6.61 Å². The van der Waals surface area contributed by atoms with Gasteiger partial charge in [-0.3, -0.25) is 9.36 Å². The quantitative estimate of drug-likeness (QED) is 0.300. The molecular weight excluding hydrogens is 528 g/mol. The van der Waals surface area contributed by atoms with Crippen LogP contribution in [0, 0.1) is 0 Å². The zero-order chi connectivity index (χ0) is 25.9. The Balaban J connectivity index is 1.52. The Kier molecular flexibility index (Phi) is 7.41. The highest BCUT2D eigenvalue weighted by atomic mass is 35.5. The molecule has 37 heavy (non-hydrogen) atoms. The zero-order valence-corrected chi connectivity index (χ0v) is 22.5. The molecule has 0 fully saturated rings. The van der Waals surface area contributed by atoms with Crippen LogP contribution in [0.4, 0.5) is 0 Å². The van der Waals surface area contributed by atoms with Crippen molar-refractivity contribution >= 4 is 46.3 Å². The molecule has 0 saturated heterocycles. The molecule has 188 valence electrons. The van der Waals surface area contributed by atoms with Crippen LogP contribution in [0.3, 0.4) is 0 Å². The van der Waals surface area contributed by atoms with E-state index in [9.17, 15) is 9.59 Å². The van der Waals surface area contributed by atoms with E-state index in [0.29, 0.717) is 38.0 Å². The van der Waals surface area contributed by atoms with Crippen LogP contribution in [-0.2, 0) is 16.1 Å². The second-order valence-electron chi connectivity index (χ2n) is 8.31. The van der Waals surface area contributed by atoms with Crippen LogP contribution in [0.25, 0.3) is 6.08 Å². The van der Waals surface area contributed by atoms with Gasteiger partial charge in [0, 0.05) is 9.90 Å². The van der Waals surface area contributed by atoms with Crippen LogP contribution >= 0.6 is 34.3 Å². The van der Waals surface area contributed by atoms with Crippen molar-refractivity contribution in [3.8, 4) is 5.75 Å². The van der Waals surface area contributed by atoms with Gasteiger partial charge >= 0.3 is 5.97 Å². The summed E-state index contributed by atoms with van der Waals surface area (Å²) in [6.45, 7) is 4.16. The summed E-state index contributed by atoms with van der Waals surface area (Å²) in [5, 5.41) is 2.59. The molecule has 3 heterocycles. The third-order valence-electron chi connectivity index (χ3n) is 5.78. The molecule has 2 aromatic heterocycles. The minimum absolute atomic E-state index is 0.207. The lowest BCUT2D eigenvalue weighted by Crippen LogP contribution is -2.39. The number of hydrogen-bond acceptors (Lipinski definition) is 7. The fraction of sp³-hybridized carbons (Fsp3) is 0.179. The van der Waals surface area contributed by atoms with Crippen LogP contribution < -0.4 is 19.6 Å². The maximum Gasteiger partial charge on any atom is 0.338 e. The highest BCUT2D eigenvalue weighted by Gasteiger charge is 2.33. The Labute approximate surface area is 226 Å². The van der Waals surface area contributed by atoms with Gasteiger partial charge in [-0.1, -0.05) is 53.3 Å². The number of ether oxygens (including phenoxy) is 2. The Bertz CT molecular complexity index is 1670. The molecule has 0 radical (unpaired) electrons. The number of halogens is 1. The maximum absolute atomic E-state index is 13.7. The predicted molar refractivity (Wildman–Crippen MR) is 147 cm³/mol. The normalized spacial score (nSPS) is 15.3. The number of benzene rings is 2. The number of nitrogens with zero attached hydrogens (tertiary/aromatic N) is 2. The summed E-state index contributed by atoms with van der Waals surface area (Å²) in [7, 11) is 0. The Morgan fingerprint density at radius 1 is 1.16 bits per heavy atom. The molecule has 0 spiro atoms. The maximum atomic E-state index is 13.7. The lowest BCUT2D eigenvalue weighted by atomic mass is 10.0. The van der Waals surface area contributed by atoms with E-state index >= 15 is 0 Å². The highest BCUT2D eigenvalue weighted by molar-refractivity contribution is 7.10. The first-order chi connectivity index (χ1) is 17.9. The number of carbonyl (C=O) groups excluding carboxylic acids is 1. The lowest BCUT2D eigenvalue weighted by Gasteiger charge is -2.23. The summed E-state index contributed by atoms with van der Waals surface area (Å²) in [4.78, 5) is 32.6. The van der Waals surface area contributed by atoms with Gasteiger partial charge in [0.25, 0.3) is 5.56 Å². The van der Waals surface area contributed by atoms with Crippen LogP contribution in [0.1, 0.15) is 35.9 Å². The van der Waals surface area contributed by atoms with Gasteiger partial charge in [-0.25, -0.2) is 9.79 Å². The molecule has 4 aromatic rings. The molecule has 1 atom stereocenters. The third kappa shape index (κ3) is 5.32. The van der Waals surface area contributed by atoms with E-state index in [1.54, 1.807) is 18.4 Å². The second-order valence-corrected chi connectivity index (χ2v) is 10.7. The number of thiophene rings is 1. The van der Waals surface area contributed by atoms with Gasteiger partial charge in [0.05, 0.1) is 22.4 Å². The summed E-state index contributed by atoms with van der Waals surface area (Å²) in [6, 6.07) is 18.3. The van der Waals surface area contributed by atoms with Crippen molar-refractivity contribution in [3.05, 3.63) is 118 Å². The molecule has 0 saturated carbocycles. The van der Waals surface area contributed by atoms with Crippen molar-refractivity contribution < 1.29 is 14.3 Å². The molecular formula is C28H23ClN2O4S2. The van der Waals surface area contributed by atoms with Gasteiger partial charge in [0.1, 0.15) is 18.4 Å². The van der Waals surface area contributed by atoms with Crippen LogP contribution in [0.5, 0.6) is 5.75 Å². The number of allylic oxidation sites excluding steroid dienone is 1. The van der Waals surface area contributed by atoms with Crippen molar-refractivity contribution in [2.24, 2.45) is 4.99 Å². The first kappa shape index (κ1) is 25.2. The van der Waals surface area contributed by atoms with Gasteiger partial charge < -0.3 is 9.47 Å². The van der Waals surface area contributed by atoms with E-state index in [1.165, 1.54) is 22.7 Å². The average Bonchev–Trinajstić information content (AvgIpc) is 3.51. The smallest absolute Gasteiger partial charge is 0.338 e. The van der Waals surface area contributed by atoms with Crippen LogP contribution in [0.2, 0.25) is 5.02 Å². The number of aromatic nitrogens is 1. The Hall–Kier alpha value is -3.46. The van der Waals surface area contributed by atoms with Crippen molar-refractivity contribution in [2.45, 2.75) is 26.5 Å². The van der Waals surface area contributed by atoms with E-state index in [1.807, 2.05) is 72.1 Å². The molecule has 0 amide bonds. The number of rotatable bonds is 7. The number of fused-ring (bicyclic) bond motifs is 1. The summed E-state index contributed by atoms with van der Waals surface area (Å²) in [5.41, 5.74) is 2.53. The number of esters is 1. The first-order valence-electron chi connectivity index (χ1n) is 11.6. The standard InChI is InChI=1S/C28H23ClN2O4S2/c1-3-34-27(33)24-17(2)30-28-31(25(24)22-11-6-12-36-22)26(32)23(37-28)15-18-7-5-10-21(14-18)35-16-19-8-4-9-20(29)13-19/h4-15,25H,3,16H2,1-2H3/b23-15-/t25-/m1/s1. The molecule has 1 aliphatic heterocycles. The van der Waals surface area contributed by atoms with Gasteiger partial charge in [0.15, 0.2) is 4.80 Å². The van der Waals surface area contributed by atoms with E-state index in [-0.39, 0.29) is 12.2 Å². The summed E-state index contributed by atoms with van der Waals surface area (Å²) in [5.74, 6) is 0.222. The number of hydrogen-bond donors (Lipinski definition) is 0. The molecule has 0 unspecified atom stereocenters. The molecule has 1 aliphatic rings. The third-order valence-corrected chi connectivity index (χ3v) is 7.92. The minimum atomic E-state index is -0.579. The molecule has 9 heteroatoms. The van der Waals surface area contributed by atoms with E-state index in [4.69, 9.17) is 21.1 Å². The fourth-order valence-electron chi connectivity index (χ4n) is 4.15. The Morgan fingerprint density at radius 2 is 2.00 bits per heavy atom. The molecule has 2 aromatic carbocycles. The molecule has 5 rings (SSSR count). The van der Waals surface area contributed by atoms with Crippen molar-refractivity contribution in [1.29, 1.82) is 0 Å². The lowest BCUT2D eigenvalue weighted by molar-refractivity contribution is -0.139. The largest absolute Gasteiger partial charge is 0.489 e. The number of carbonyl (C=O) groups is 1. The van der Waals surface area contributed by atoms with Gasteiger partial charge in [-0.15, -0.1) is 11.3 Å². The number of thiazole rings is 1. The predicted octanol–water partition coefficient (Wildman–Crippen LogP) is 5.09. The van der Waals surface area contributed by atoms with Gasteiger partial charge in [0.2, 0.25) is 0 Å².